The Labute approximate surface area is 225 Å². The summed E-state index contributed by atoms with van der Waals surface area (Å²) in [6.45, 7) is 7.11. The first-order valence-electron chi connectivity index (χ1n) is 12.9. The topological polar surface area (TPSA) is 141 Å². The maximum absolute atomic E-state index is 13.4. The third-order valence-electron chi connectivity index (χ3n) is 7.60. The molecule has 1 aliphatic carbocycles. The Kier molecular flexibility index (Phi) is 6.88. The van der Waals surface area contributed by atoms with Gasteiger partial charge in [-0.2, -0.15) is 0 Å². The number of carbonyl (C=O) groups is 3. The van der Waals surface area contributed by atoms with Crippen LogP contribution in [0, 0.1) is 13.8 Å². The number of aliphatic hydroxyl groups is 2. The predicted molar refractivity (Wildman–Crippen MR) is 147 cm³/mol. The molecular formula is C30H31N3O6. The van der Waals surface area contributed by atoms with E-state index in [4.69, 9.17) is 9.84 Å². The summed E-state index contributed by atoms with van der Waals surface area (Å²) >= 11 is 0. The van der Waals surface area contributed by atoms with Crippen molar-refractivity contribution < 1.29 is 29.3 Å². The number of aromatic nitrogens is 1. The summed E-state index contributed by atoms with van der Waals surface area (Å²) in [6, 6.07) is 13.0. The highest BCUT2D eigenvalue weighted by molar-refractivity contribution is 6.06. The molecule has 2 amide bonds. The number of hydrogen-bond donors (Lipinski definition) is 5. The summed E-state index contributed by atoms with van der Waals surface area (Å²) < 4.78 is 5.29. The molecule has 5 N–H and O–H groups in total. The second kappa shape index (κ2) is 10.2. The van der Waals surface area contributed by atoms with E-state index in [0.717, 1.165) is 44.8 Å². The summed E-state index contributed by atoms with van der Waals surface area (Å²) in [7, 11) is 0. The minimum absolute atomic E-state index is 0.157. The molecule has 9 heteroatoms. The molecule has 1 aromatic heterocycles. The van der Waals surface area contributed by atoms with E-state index in [1.807, 2.05) is 45.0 Å². The van der Waals surface area contributed by atoms with Gasteiger partial charge in [-0.1, -0.05) is 29.8 Å². The molecule has 0 saturated heterocycles. The first-order chi connectivity index (χ1) is 18.7. The Morgan fingerprint density at radius 3 is 2.54 bits per heavy atom. The number of hydrogen-bond acceptors (Lipinski definition) is 6. The molecule has 2 aliphatic rings. The molecule has 0 saturated carbocycles. The van der Waals surface area contributed by atoms with E-state index < -0.39 is 24.5 Å². The number of nitrogens with one attached hydrogen (secondary N) is 3. The fraction of sp³-hybridized carbons (Fsp3) is 0.300. The standard InChI is InChI=1S/C30H31N3O6/c1-5-39-30(38)23-15(3)27(31-16(23)4)25-14(2)24(18-8-6-7-9-19(18)25)26-20-12-17(32-28(36)22(35)13-34)10-11-21(20)33-29(26)37/h6-12,22,24,26,31,34-35H,5,13H2,1-4H3,(H,32,36)(H,33,37). The van der Waals surface area contributed by atoms with Crippen LogP contribution in [0.1, 0.15) is 69.7 Å². The zero-order chi connectivity index (χ0) is 28.0. The van der Waals surface area contributed by atoms with Crippen molar-refractivity contribution >= 4 is 34.7 Å². The minimum atomic E-state index is -1.55. The van der Waals surface area contributed by atoms with Crippen molar-refractivity contribution in [1.29, 1.82) is 0 Å². The van der Waals surface area contributed by atoms with Crippen LogP contribution in [0.25, 0.3) is 5.57 Å². The SMILES string of the molecule is CCOC(=O)c1c(C)[nH]c(C2=C(C)C(C3C(=O)Nc4ccc(NC(=O)C(O)CO)cc43)c3ccccc32)c1C. The molecule has 9 nitrogen and oxygen atoms in total. The number of fused-ring (bicyclic) bond motifs is 2. The predicted octanol–water partition coefficient (Wildman–Crippen LogP) is 3.75. The molecule has 3 atom stereocenters. The molecule has 5 rings (SSSR count). The zero-order valence-corrected chi connectivity index (χ0v) is 22.2. The van der Waals surface area contributed by atoms with Gasteiger partial charge in [0.15, 0.2) is 6.10 Å². The second-order valence-corrected chi connectivity index (χ2v) is 9.92. The highest BCUT2D eigenvalue weighted by Gasteiger charge is 2.44. The van der Waals surface area contributed by atoms with Gasteiger partial charge in [0.1, 0.15) is 0 Å². The van der Waals surface area contributed by atoms with Crippen molar-refractivity contribution in [3.05, 3.63) is 87.2 Å². The fourth-order valence-electron chi connectivity index (χ4n) is 5.87. The van der Waals surface area contributed by atoms with Crippen LogP contribution in [0.5, 0.6) is 0 Å². The Morgan fingerprint density at radius 1 is 1.08 bits per heavy atom. The van der Waals surface area contributed by atoms with Crippen molar-refractivity contribution in [3.8, 4) is 0 Å². The summed E-state index contributed by atoms with van der Waals surface area (Å²) in [5.41, 5.74) is 8.54. The zero-order valence-electron chi connectivity index (χ0n) is 22.2. The van der Waals surface area contributed by atoms with Crippen molar-refractivity contribution in [1.82, 2.24) is 4.98 Å². The molecule has 3 unspecified atom stereocenters. The fourth-order valence-corrected chi connectivity index (χ4v) is 5.87. The monoisotopic (exact) mass is 529 g/mol. The maximum Gasteiger partial charge on any atom is 0.340 e. The van der Waals surface area contributed by atoms with E-state index >= 15 is 0 Å². The average molecular weight is 530 g/mol. The van der Waals surface area contributed by atoms with Gasteiger partial charge in [-0.05, 0) is 68.1 Å². The van der Waals surface area contributed by atoms with Crippen LogP contribution < -0.4 is 10.6 Å². The van der Waals surface area contributed by atoms with E-state index in [2.05, 4.69) is 15.6 Å². The molecule has 39 heavy (non-hydrogen) atoms. The van der Waals surface area contributed by atoms with Crippen molar-refractivity contribution in [2.45, 2.75) is 45.6 Å². The second-order valence-electron chi connectivity index (χ2n) is 9.92. The number of H-pyrrole nitrogens is 1. The van der Waals surface area contributed by atoms with E-state index in [1.54, 1.807) is 25.1 Å². The van der Waals surface area contributed by atoms with Crippen LogP contribution >= 0.6 is 0 Å². The molecule has 1 aliphatic heterocycles. The quantitative estimate of drug-likeness (QED) is 0.295. The Balaban J connectivity index is 1.61. The lowest BCUT2D eigenvalue weighted by Gasteiger charge is -2.21. The number of esters is 1. The van der Waals surface area contributed by atoms with E-state index in [9.17, 15) is 19.5 Å². The van der Waals surface area contributed by atoms with Gasteiger partial charge < -0.3 is 30.6 Å². The third kappa shape index (κ3) is 4.33. The Bertz CT molecular complexity index is 1540. The maximum atomic E-state index is 13.4. The highest BCUT2D eigenvalue weighted by atomic mass is 16.5. The number of allylic oxidation sites excluding steroid dienone is 1. The normalized spacial score (nSPS) is 18.5. The largest absolute Gasteiger partial charge is 0.462 e. The highest BCUT2D eigenvalue weighted by Crippen LogP contribution is 2.54. The lowest BCUT2D eigenvalue weighted by atomic mass is 9.80. The lowest BCUT2D eigenvalue weighted by molar-refractivity contribution is -0.125. The van der Waals surface area contributed by atoms with Crippen LogP contribution in [0.3, 0.4) is 0 Å². The van der Waals surface area contributed by atoms with Crippen LogP contribution in [-0.4, -0.2) is 52.3 Å². The smallest absolute Gasteiger partial charge is 0.340 e. The summed E-state index contributed by atoms with van der Waals surface area (Å²) in [5.74, 6) is -2.12. The summed E-state index contributed by atoms with van der Waals surface area (Å²) in [5, 5.41) is 24.3. The van der Waals surface area contributed by atoms with E-state index in [-0.39, 0.29) is 24.4 Å². The van der Waals surface area contributed by atoms with Crippen molar-refractivity contribution in [2.75, 3.05) is 23.8 Å². The number of ether oxygens (including phenoxy) is 1. The minimum Gasteiger partial charge on any atom is -0.462 e. The first kappa shape index (κ1) is 26.4. The Hall–Kier alpha value is -4.21. The molecule has 0 fully saturated rings. The number of aliphatic hydroxyl groups excluding tert-OH is 2. The third-order valence-corrected chi connectivity index (χ3v) is 7.60. The number of aromatic amines is 1. The number of carbonyl (C=O) groups excluding carboxylic acids is 3. The van der Waals surface area contributed by atoms with Gasteiger partial charge in [-0.3, -0.25) is 9.59 Å². The van der Waals surface area contributed by atoms with Gasteiger partial charge in [0.05, 0.1) is 24.7 Å². The lowest BCUT2D eigenvalue weighted by Crippen LogP contribution is -2.30. The molecule has 2 heterocycles. The van der Waals surface area contributed by atoms with Crippen LogP contribution in [0.15, 0.2) is 48.0 Å². The summed E-state index contributed by atoms with van der Waals surface area (Å²) in [6.07, 6.45) is -1.55. The number of anilines is 2. The van der Waals surface area contributed by atoms with Crippen molar-refractivity contribution in [3.63, 3.8) is 0 Å². The van der Waals surface area contributed by atoms with Crippen molar-refractivity contribution in [2.24, 2.45) is 0 Å². The number of amides is 2. The van der Waals surface area contributed by atoms with Gasteiger partial charge in [0.25, 0.3) is 5.91 Å². The molecule has 3 aromatic rings. The van der Waals surface area contributed by atoms with E-state index in [1.165, 1.54) is 0 Å². The number of rotatable bonds is 7. The first-order valence-corrected chi connectivity index (χ1v) is 12.9. The van der Waals surface area contributed by atoms with Gasteiger partial charge in [0, 0.05) is 34.3 Å². The molecule has 0 radical (unpaired) electrons. The summed E-state index contributed by atoms with van der Waals surface area (Å²) in [4.78, 5) is 41.7. The van der Waals surface area contributed by atoms with Crippen LogP contribution in [0.2, 0.25) is 0 Å². The molecule has 0 bridgehead atoms. The van der Waals surface area contributed by atoms with Gasteiger partial charge in [0.2, 0.25) is 5.91 Å². The number of aryl methyl sites for hydroxylation is 1. The number of benzene rings is 2. The van der Waals surface area contributed by atoms with Gasteiger partial charge in [-0.15, -0.1) is 0 Å². The molecule has 0 spiro atoms. The molecular weight excluding hydrogens is 498 g/mol. The van der Waals surface area contributed by atoms with E-state index in [0.29, 0.717) is 16.9 Å². The van der Waals surface area contributed by atoms with Crippen LogP contribution in [-0.2, 0) is 14.3 Å². The Morgan fingerprint density at radius 2 is 1.82 bits per heavy atom. The van der Waals surface area contributed by atoms with Gasteiger partial charge in [-0.25, -0.2) is 4.79 Å². The molecule has 2 aromatic carbocycles. The van der Waals surface area contributed by atoms with Gasteiger partial charge >= 0.3 is 5.97 Å². The van der Waals surface area contributed by atoms with Crippen LogP contribution in [0.4, 0.5) is 11.4 Å². The average Bonchev–Trinajstić information content (AvgIpc) is 3.49. The molecule has 202 valence electrons.